The van der Waals surface area contributed by atoms with Crippen LogP contribution in [0.5, 0.6) is 5.75 Å². The lowest BCUT2D eigenvalue weighted by Crippen LogP contribution is -2.64. The molecule has 1 saturated heterocycles. The maximum atomic E-state index is 12.5. The Morgan fingerprint density at radius 1 is 1.23 bits per heavy atom. The van der Waals surface area contributed by atoms with Gasteiger partial charge in [0, 0.05) is 37.5 Å². The van der Waals surface area contributed by atoms with Crippen molar-refractivity contribution in [3.8, 4) is 5.75 Å². The standard InChI is InChI=1S/C22H22Cl2N4O3/c1-27-18(23)7-16-15(21(27)30)3-2-4-17(16)31-14-8-22(9-14)11-28(12-22)6-5-13-10-25-26-20(29)19(13)24/h2-4,7,10,14H,5-6,8-9,11-12H2,1H3,(H,26,29). The molecule has 0 amide bonds. The number of likely N-dealkylation sites (tertiary alicyclic amines) is 1. The smallest absolute Gasteiger partial charge is 0.283 e. The van der Waals surface area contributed by atoms with E-state index in [0.29, 0.717) is 28.1 Å². The fourth-order valence-corrected chi connectivity index (χ4v) is 5.21. The molecule has 1 spiro atoms. The first-order valence-corrected chi connectivity index (χ1v) is 11.0. The van der Waals surface area contributed by atoms with Gasteiger partial charge < -0.3 is 14.2 Å². The lowest BCUT2D eigenvalue weighted by atomic mass is 9.61. The quantitative estimate of drug-likeness (QED) is 0.591. The summed E-state index contributed by atoms with van der Waals surface area (Å²) < 4.78 is 7.68. The number of rotatable bonds is 5. The minimum Gasteiger partial charge on any atom is -0.490 e. The fourth-order valence-electron chi connectivity index (χ4n) is 4.84. The topological polar surface area (TPSA) is 80.2 Å². The number of pyridine rings is 1. The minimum atomic E-state index is -0.342. The summed E-state index contributed by atoms with van der Waals surface area (Å²) in [4.78, 5) is 26.4. The molecule has 1 aromatic carbocycles. The minimum absolute atomic E-state index is 0.122. The molecule has 2 aromatic heterocycles. The van der Waals surface area contributed by atoms with Crippen LogP contribution < -0.4 is 15.9 Å². The van der Waals surface area contributed by atoms with Crippen molar-refractivity contribution in [1.29, 1.82) is 0 Å². The molecular weight excluding hydrogens is 439 g/mol. The third-order valence-corrected chi connectivity index (χ3v) is 7.26. The summed E-state index contributed by atoms with van der Waals surface area (Å²) in [6, 6.07) is 7.34. The number of aromatic nitrogens is 3. The Morgan fingerprint density at radius 3 is 2.77 bits per heavy atom. The van der Waals surface area contributed by atoms with Gasteiger partial charge in [0.15, 0.2) is 0 Å². The molecule has 2 fully saturated rings. The van der Waals surface area contributed by atoms with Crippen LogP contribution in [0.2, 0.25) is 10.2 Å². The zero-order valence-electron chi connectivity index (χ0n) is 17.0. The molecule has 162 valence electrons. The zero-order chi connectivity index (χ0) is 21.8. The van der Waals surface area contributed by atoms with E-state index in [1.807, 2.05) is 12.1 Å². The summed E-state index contributed by atoms with van der Waals surface area (Å²) in [6.07, 6.45) is 4.45. The van der Waals surface area contributed by atoms with Gasteiger partial charge in [-0.2, -0.15) is 5.10 Å². The molecule has 9 heteroatoms. The third-order valence-electron chi connectivity index (χ3n) is 6.48. The molecular formula is C22H22Cl2N4O3. The molecule has 7 nitrogen and oxygen atoms in total. The van der Waals surface area contributed by atoms with Crippen LogP contribution in [-0.2, 0) is 13.5 Å². The SMILES string of the molecule is Cn1c(Cl)cc2c(OC3CC4(C3)CN(CCc3cn[nH]c(=O)c3Cl)C4)cccc2c1=O. The van der Waals surface area contributed by atoms with E-state index in [1.54, 1.807) is 25.4 Å². The first kappa shape index (κ1) is 20.5. The molecule has 3 aromatic rings. The molecule has 1 aliphatic heterocycles. The molecule has 1 saturated carbocycles. The second-order valence-electron chi connectivity index (χ2n) is 8.70. The van der Waals surface area contributed by atoms with E-state index >= 15 is 0 Å². The van der Waals surface area contributed by atoms with E-state index in [4.69, 9.17) is 27.9 Å². The Labute approximate surface area is 188 Å². The Hall–Kier alpha value is -2.35. The number of nitrogens with zero attached hydrogens (tertiary/aromatic N) is 3. The number of aromatic amines is 1. The van der Waals surface area contributed by atoms with Crippen LogP contribution in [-0.4, -0.2) is 45.4 Å². The van der Waals surface area contributed by atoms with Crippen LogP contribution in [0.15, 0.2) is 40.1 Å². The predicted octanol–water partition coefficient (Wildman–Crippen LogP) is 3.01. The van der Waals surface area contributed by atoms with E-state index < -0.39 is 0 Å². The van der Waals surface area contributed by atoms with Crippen LogP contribution in [0, 0.1) is 5.41 Å². The second kappa shape index (κ2) is 7.65. The number of ether oxygens (including phenoxy) is 1. The number of nitrogens with one attached hydrogen (secondary N) is 1. The normalized spacial score (nSPS) is 18.2. The van der Waals surface area contributed by atoms with Gasteiger partial charge in [0.25, 0.3) is 11.1 Å². The van der Waals surface area contributed by atoms with Gasteiger partial charge in [0.1, 0.15) is 15.9 Å². The average molecular weight is 461 g/mol. The zero-order valence-corrected chi connectivity index (χ0v) is 18.5. The molecule has 5 rings (SSSR count). The molecule has 1 N–H and O–H groups in total. The Bertz CT molecular complexity index is 1270. The monoisotopic (exact) mass is 460 g/mol. The molecule has 0 bridgehead atoms. The van der Waals surface area contributed by atoms with Crippen molar-refractivity contribution in [1.82, 2.24) is 19.7 Å². The van der Waals surface area contributed by atoms with Gasteiger partial charge in [0.05, 0.1) is 17.7 Å². The highest BCUT2D eigenvalue weighted by Crippen LogP contribution is 2.50. The number of hydrogen-bond acceptors (Lipinski definition) is 5. The summed E-state index contributed by atoms with van der Waals surface area (Å²) in [6.45, 7) is 2.88. The predicted molar refractivity (Wildman–Crippen MR) is 120 cm³/mol. The van der Waals surface area contributed by atoms with E-state index in [0.717, 1.165) is 43.4 Å². The first-order chi connectivity index (χ1) is 14.8. The van der Waals surface area contributed by atoms with Crippen LogP contribution in [0.25, 0.3) is 10.8 Å². The number of H-pyrrole nitrogens is 1. The van der Waals surface area contributed by atoms with Gasteiger partial charge in [-0.3, -0.25) is 9.59 Å². The van der Waals surface area contributed by atoms with Crippen molar-refractivity contribution in [2.75, 3.05) is 19.6 Å². The highest BCUT2D eigenvalue weighted by Gasteiger charge is 2.53. The van der Waals surface area contributed by atoms with Crippen molar-refractivity contribution in [3.63, 3.8) is 0 Å². The molecule has 3 heterocycles. The van der Waals surface area contributed by atoms with Crippen molar-refractivity contribution in [3.05, 3.63) is 66.9 Å². The van der Waals surface area contributed by atoms with Crippen LogP contribution >= 0.6 is 23.2 Å². The summed E-state index contributed by atoms with van der Waals surface area (Å²) in [5.74, 6) is 0.713. The summed E-state index contributed by atoms with van der Waals surface area (Å²) >= 11 is 12.3. The summed E-state index contributed by atoms with van der Waals surface area (Å²) in [5.41, 5.74) is 0.621. The highest BCUT2D eigenvalue weighted by molar-refractivity contribution is 6.31. The van der Waals surface area contributed by atoms with E-state index in [9.17, 15) is 9.59 Å². The van der Waals surface area contributed by atoms with Gasteiger partial charge in [-0.15, -0.1) is 0 Å². The van der Waals surface area contributed by atoms with Crippen molar-refractivity contribution >= 4 is 34.0 Å². The Kier molecular flexibility index (Phi) is 5.07. The van der Waals surface area contributed by atoms with Gasteiger partial charge in [-0.05, 0) is 43.0 Å². The van der Waals surface area contributed by atoms with Crippen LogP contribution in [0.4, 0.5) is 0 Å². The summed E-state index contributed by atoms with van der Waals surface area (Å²) in [5, 5.41) is 8.16. The van der Waals surface area contributed by atoms with E-state index in [1.165, 1.54) is 4.57 Å². The number of halogens is 2. The van der Waals surface area contributed by atoms with Gasteiger partial charge >= 0.3 is 0 Å². The number of fused-ring (bicyclic) bond motifs is 1. The average Bonchev–Trinajstić information content (AvgIpc) is 2.69. The summed E-state index contributed by atoms with van der Waals surface area (Å²) in [7, 11) is 1.66. The molecule has 2 aliphatic rings. The largest absolute Gasteiger partial charge is 0.490 e. The molecule has 0 atom stereocenters. The third kappa shape index (κ3) is 3.64. The Morgan fingerprint density at radius 2 is 2.00 bits per heavy atom. The fraction of sp³-hybridized carbons (Fsp3) is 0.409. The maximum Gasteiger partial charge on any atom is 0.283 e. The molecule has 31 heavy (non-hydrogen) atoms. The highest BCUT2D eigenvalue weighted by atomic mass is 35.5. The lowest BCUT2D eigenvalue weighted by Gasteiger charge is -2.58. The van der Waals surface area contributed by atoms with Crippen molar-refractivity contribution in [2.24, 2.45) is 12.5 Å². The van der Waals surface area contributed by atoms with E-state index in [2.05, 4.69) is 15.1 Å². The van der Waals surface area contributed by atoms with Crippen molar-refractivity contribution in [2.45, 2.75) is 25.4 Å². The molecule has 0 radical (unpaired) electrons. The molecule has 1 aliphatic carbocycles. The van der Waals surface area contributed by atoms with Crippen LogP contribution in [0.1, 0.15) is 18.4 Å². The van der Waals surface area contributed by atoms with Gasteiger partial charge in [0.2, 0.25) is 0 Å². The van der Waals surface area contributed by atoms with Gasteiger partial charge in [-0.1, -0.05) is 29.3 Å². The number of benzene rings is 1. The first-order valence-electron chi connectivity index (χ1n) is 10.2. The number of hydrogen-bond donors (Lipinski definition) is 1. The second-order valence-corrected chi connectivity index (χ2v) is 9.46. The molecule has 0 unspecified atom stereocenters. The van der Waals surface area contributed by atoms with E-state index in [-0.39, 0.29) is 22.2 Å². The van der Waals surface area contributed by atoms with Crippen LogP contribution in [0.3, 0.4) is 0 Å². The van der Waals surface area contributed by atoms with Gasteiger partial charge in [-0.25, -0.2) is 5.10 Å². The Balaban J connectivity index is 1.18. The van der Waals surface area contributed by atoms with Crippen molar-refractivity contribution < 1.29 is 4.74 Å². The lowest BCUT2D eigenvalue weighted by molar-refractivity contribution is -0.118. The maximum absolute atomic E-state index is 12.5.